The van der Waals surface area contributed by atoms with E-state index in [1.165, 1.54) is 0 Å². The Kier molecular flexibility index (Phi) is 16.7. The number of benzene rings is 3. The summed E-state index contributed by atoms with van der Waals surface area (Å²) in [5.74, 6) is -1.37. The Labute approximate surface area is 319 Å². The highest BCUT2D eigenvalue weighted by Gasteiger charge is 2.33. The smallest absolute Gasteiger partial charge is 0.408 e. The van der Waals surface area contributed by atoms with E-state index in [9.17, 15) is 29.4 Å². The van der Waals surface area contributed by atoms with Crippen LogP contribution in [0.15, 0.2) is 72.8 Å². The Morgan fingerprint density at radius 3 is 2.24 bits per heavy atom. The summed E-state index contributed by atoms with van der Waals surface area (Å²) in [6.07, 6.45) is 1.07. The van der Waals surface area contributed by atoms with Gasteiger partial charge in [0.25, 0.3) is 0 Å². The maximum absolute atomic E-state index is 14.2. The van der Waals surface area contributed by atoms with Gasteiger partial charge in [-0.2, -0.15) is 0 Å². The number of aliphatic hydroxyl groups excluding tert-OH is 2. The largest absolute Gasteiger partial charge is 0.445 e. The molecule has 4 amide bonds. The Hall–Kier alpha value is -4.52. The number of hydrogen-bond donors (Lipinski definition) is 7. The van der Waals surface area contributed by atoms with Crippen molar-refractivity contribution in [2.45, 2.75) is 116 Å². The van der Waals surface area contributed by atoms with Crippen LogP contribution in [0, 0.1) is 11.8 Å². The molecule has 1 unspecified atom stereocenters. The van der Waals surface area contributed by atoms with Gasteiger partial charge in [0.1, 0.15) is 18.7 Å². The molecule has 0 bridgehead atoms. The highest BCUT2D eigenvalue weighted by molar-refractivity contribution is 5.93. The van der Waals surface area contributed by atoms with E-state index < -0.39 is 54.1 Å². The zero-order valence-corrected chi connectivity index (χ0v) is 32.1. The minimum atomic E-state index is -1.21. The number of rotatable bonds is 20. The first-order chi connectivity index (χ1) is 26.0. The van der Waals surface area contributed by atoms with Gasteiger partial charge in [-0.25, -0.2) is 4.79 Å². The lowest BCUT2D eigenvalue weighted by molar-refractivity contribution is -0.131. The van der Waals surface area contributed by atoms with Crippen molar-refractivity contribution in [3.63, 3.8) is 0 Å². The average Bonchev–Trinajstić information content (AvgIpc) is 3.68. The topological polar surface area (TPSA) is 178 Å². The number of ether oxygens (including phenoxy) is 1. The molecule has 12 nitrogen and oxygen atoms in total. The summed E-state index contributed by atoms with van der Waals surface area (Å²) in [6, 6.07) is 19.5. The van der Waals surface area contributed by atoms with E-state index >= 15 is 0 Å². The Morgan fingerprint density at radius 1 is 0.852 bits per heavy atom. The minimum absolute atomic E-state index is 0.0174. The van der Waals surface area contributed by atoms with Crippen molar-refractivity contribution in [3.8, 4) is 0 Å². The van der Waals surface area contributed by atoms with Gasteiger partial charge in [0, 0.05) is 12.5 Å². The lowest BCUT2D eigenvalue weighted by atomic mass is 9.95. The lowest BCUT2D eigenvalue weighted by Gasteiger charge is -2.30. The molecule has 7 N–H and O–H groups in total. The quantitative estimate of drug-likeness (QED) is 0.0904. The molecule has 1 aliphatic heterocycles. The lowest BCUT2D eigenvalue weighted by Crippen LogP contribution is -2.58. The number of aliphatic hydroxyl groups is 2. The predicted molar refractivity (Wildman–Crippen MR) is 209 cm³/mol. The van der Waals surface area contributed by atoms with Crippen molar-refractivity contribution < 1.29 is 34.1 Å². The van der Waals surface area contributed by atoms with Crippen LogP contribution in [-0.2, 0) is 32.1 Å². The highest BCUT2D eigenvalue weighted by atomic mass is 16.5. The SMILES string of the molecule is CC[C@H](C)[C@@H](CO)NC(=O)C[C@H](O)[C@H](CC(C)C)NC(=O)[C@H](CC1CCCN1)NC(=O)[C@H](Cc1cccc2ccccc12)NC(=O)OCc1ccccc1. The van der Waals surface area contributed by atoms with Crippen molar-refractivity contribution in [2.75, 3.05) is 13.2 Å². The number of amides is 4. The van der Waals surface area contributed by atoms with Crippen LogP contribution in [0.2, 0.25) is 0 Å². The number of hydrogen-bond acceptors (Lipinski definition) is 8. The van der Waals surface area contributed by atoms with Crippen LogP contribution in [0.4, 0.5) is 4.79 Å². The monoisotopic (exact) mass is 745 g/mol. The van der Waals surface area contributed by atoms with E-state index in [1.807, 2.05) is 100 Å². The molecule has 0 aliphatic carbocycles. The number of fused-ring (bicyclic) bond motifs is 1. The molecular formula is C42H59N5O7. The zero-order valence-electron chi connectivity index (χ0n) is 32.1. The molecule has 0 radical (unpaired) electrons. The highest BCUT2D eigenvalue weighted by Crippen LogP contribution is 2.21. The maximum atomic E-state index is 14.2. The number of carbonyl (C=O) groups is 4. The van der Waals surface area contributed by atoms with Gasteiger partial charge in [0.2, 0.25) is 17.7 Å². The first-order valence-electron chi connectivity index (χ1n) is 19.3. The molecule has 12 heteroatoms. The van der Waals surface area contributed by atoms with Crippen LogP contribution in [-0.4, -0.2) is 83.5 Å². The standard InChI is InChI=1S/C42H59N5O7/c1-5-28(4)37(25-48)44-39(50)24-38(49)34(21-27(2)3)45-41(52)36(23-32-18-12-20-43-32)46-40(51)35(47-42(53)54-26-29-13-7-6-8-14-29)22-31-17-11-16-30-15-9-10-19-33(30)31/h6-11,13-17,19,27-28,32,34-38,43,48-49H,5,12,18,20-26H2,1-4H3,(H,44,50)(H,45,52)(H,46,51)(H,47,53)/t28-,32?,34-,35-,36-,37+,38-/m0/s1. The Morgan fingerprint density at radius 2 is 1.56 bits per heavy atom. The van der Waals surface area contributed by atoms with Gasteiger partial charge in [0.05, 0.1) is 31.2 Å². The molecule has 1 heterocycles. The van der Waals surface area contributed by atoms with E-state index in [-0.39, 0.29) is 50.4 Å². The van der Waals surface area contributed by atoms with Crippen molar-refractivity contribution in [3.05, 3.63) is 83.9 Å². The molecule has 54 heavy (non-hydrogen) atoms. The van der Waals surface area contributed by atoms with Crippen molar-refractivity contribution in [2.24, 2.45) is 11.8 Å². The molecule has 3 aromatic carbocycles. The molecule has 0 saturated carbocycles. The van der Waals surface area contributed by atoms with E-state index in [0.29, 0.717) is 6.42 Å². The maximum Gasteiger partial charge on any atom is 0.408 e. The van der Waals surface area contributed by atoms with E-state index in [1.54, 1.807) is 0 Å². The summed E-state index contributed by atoms with van der Waals surface area (Å²) in [6.45, 7) is 8.41. The van der Waals surface area contributed by atoms with Crippen LogP contribution in [0.1, 0.15) is 77.3 Å². The third-order valence-electron chi connectivity index (χ3n) is 10.2. The van der Waals surface area contributed by atoms with Gasteiger partial charge < -0.3 is 41.5 Å². The zero-order chi connectivity index (χ0) is 39.0. The van der Waals surface area contributed by atoms with E-state index in [4.69, 9.17) is 4.74 Å². The summed E-state index contributed by atoms with van der Waals surface area (Å²) < 4.78 is 5.50. The molecule has 3 aromatic rings. The molecular weight excluding hydrogens is 686 g/mol. The van der Waals surface area contributed by atoms with Crippen molar-refractivity contribution in [1.29, 1.82) is 0 Å². The Balaban J connectivity index is 1.54. The molecule has 1 aliphatic rings. The second kappa shape index (κ2) is 21.4. The fraction of sp³-hybridized carbons (Fsp3) is 0.524. The van der Waals surface area contributed by atoms with Crippen LogP contribution in [0.3, 0.4) is 0 Å². The van der Waals surface area contributed by atoms with Crippen LogP contribution in [0.25, 0.3) is 10.8 Å². The summed E-state index contributed by atoms with van der Waals surface area (Å²) in [7, 11) is 0. The third kappa shape index (κ3) is 13.1. The second-order valence-corrected chi connectivity index (χ2v) is 14.9. The molecule has 294 valence electrons. The Bertz CT molecular complexity index is 1640. The van der Waals surface area contributed by atoms with Crippen LogP contribution < -0.4 is 26.6 Å². The molecule has 0 aromatic heterocycles. The van der Waals surface area contributed by atoms with Gasteiger partial charge in [-0.15, -0.1) is 0 Å². The number of nitrogens with one attached hydrogen (secondary N) is 5. The van der Waals surface area contributed by atoms with Gasteiger partial charge in [-0.3, -0.25) is 14.4 Å². The first kappa shape index (κ1) is 42.2. The average molecular weight is 746 g/mol. The van der Waals surface area contributed by atoms with Crippen molar-refractivity contribution in [1.82, 2.24) is 26.6 Å². The van der Waals surface area contributed by atoms with Crippen molar-refractivity contribution >= 4 is 34.6 Å². The molecule has 0 spiro atoms. The normalized spacial score (nSPS) is 17.5. The van der Waals surface area contributed by atoms with Gasteiger partial charge in [0.15, 0.2) is 0 Å². The van der Waals surface area contributed by atoms with E-state index in [2.05, 4.69) is 26.6 Å². The first-order valence-corrected chi connectivity index (χ1v) is 19.3. The van der Waals surface area contributed by atoms with Gasteiger partial charge in [-0.05, 0) is 66.0 Å². The molecule has 7 atom stereocenters. The summed E-state index contributed by atoms with van der Waals surface area (Å²) >= 11 is 0. The number of alkyl carbamates (subject to hydrolysis) is 1. The minimum Gasteiger partial charge on any atom is -0.445 e. The van der Waals surface area contributed by atoms with E-state index in [0.717, 1.165) is 47.7 Å². The molecule has 1 fully saturated rings. The fourth-order valence-corrected chi connectivity index (χ4v) is 6.91. The predicted octanol–water partition coefficient (Wildman–Crippen LogP) is 4.11. The molecule has 4 rings (SSSR count). The van der Waals surface area contributed by atoms with Crippen LogP contribution >= 0.6 is 0 Å². The molecule has 1 saturated heterocycles. The second-order valence-electron chi connectivity index (χ2n) is 14.9. The third-order valence-corrected chi connectivity index (χ3v) is 10.2. The summed E-state index contributed by atoms with van der Waals surface area (Å²) in [5.41, 5.74) is 1.63. The number of carbonyl (C=O) groups excluding carboxylic acids is 4. The van der Waals surface area contributed by atoms with Gasteiger partial charge >= 0.3 is 6.09 Å². The summed E-state index contributed by atoms with van der Waals surface area (Å²) in [5, 5.41) is 37.8. The van der Waals surface area contributed by atoms with Gasteiger partial charge in [-0.1, -0.05) is 107 Å². The fourth-order valence-electron chi connectivity index (χ4n) is 6.91. The van der Waals surface area contributed by atoms with Crippen LogP contribution in [0.5, 0.6) is 0 Å². The summed E-state index contributed by atoms with van der Waals surface area (Å²) in [4.78, 5) is 54.5.